The van der Waals surface area contributed by atoms with Crippen molar-refractivity contribution in [1.29, 1.82) is 0 Å². The van der Waals surface area contributed by atoms with Gasteiger partial charge in [0.2, 0.25) is 5.91 Å². The van der Waals surface area contributed by atoms with Gasteiger partial charge in [0.15, 0.2) is 0 Å². The van der Waals surface area contributed by atoms with Gasteiger partial charge in [-0.05, 0) is 38.5 Å². The minimum absolute atomic E-state index is 0.0122. The second-order valence-electron chi connectivity index (χ2n) is 6.20. The Bertz CT molecular complexity index is 306. The highest BCUT2D eigenvalue weighted by Crippen LogP contribution is 2.30. The van der Waals surface area contributed by atoms with Crippen molar-refractivity contribution in [1.82, 2.24) is 5.32 Å². The lowest BCUT2D eigenvalue weighted by molar-refractivity contribution is -0.123. The van der Waals surface area contributed by atoms with Gasteiger partial charge in [-0.2, -0.15) is 0 Å². The van der Waals surface area contributed by atoms with Gasteiger partial charge in [-0.1, -0.05) is 45.3 Å². The largest absolute Gasteiger partial charge is 0.351 e. The molecule has 0 fully saturated rings. The van der Waals surface area contributed by atoms with Gasteiger partial charge in [0.1, 0.15) is 0 Å². The number of allylic oxidation sites excluding steroid dienone is 1. The normalized spacial score (nSPS) is 23.9. The number of carbonyl (C=O) groups excluding carboxylic acids is 1. The van der Waals surface area contributed by atoms with Crippen molar-refractivity contribution in [2.45, 2.75) is 78.2 Å². The summed E-state index contributed by atoms with van der Waals surface area (Å²) in [6, 6.07) is 0. The number of unbranched alkanes of at least 4 members (excludes halogenated alkanes) is 2. The van der Waals surface area contributed by atoms with E-state index in [1.807, 2.05) is 0 Å². The van der Waals surface area contributed by atoms with Crippen molar-refractivity contribution in [3.63, 3.8) is 0 Å². The van der Waals surface area contributed by atoms with Gasteiger partial charge in [-0.25, -0.2) is 0 Å². The Morgan fingerprint density at radius 1 is 1.44 bits per heavy atom. The molecule has 1 atom stereocenters. The third-order valence-corrected chi connectivity index (χ3v) is 3.97. The highest BCUT2D eigenvalue weighted by molar-refractivity contribution is 5.76. The first-order valence-corrected chi connectivity index (χ1v) is 7.47. The van der Waals surface area contributed by atoms with Gasteiger partial charge in [-0.3, -0.25) is 4.79 Å². The van der Waals surface area contributed by atoms with E-state index in [1.54, 1.807) is 5.57 Å². The lowest BCUT2D eigenvalue weighted by Crippen LogP contribution is -2.46. The van der Waals surface area contributed by atoms with Crippen molar-refractivity contribution >= 4 is 5.91 Å². The molecule has 2 nitrogen and oxygen atoms in total. The minimum Gasteiger partial charge on any atom is -0.351 e. The molecule has 1 aliphatic rings. The minimum atomic E-state index is -0.0122. The molecular formula is C16H29NO. The number of nitrogens with one attached hydrogen (secondary N) is 1. The molecule has 0 aromatic rings. The second-order valence-corrected chi connectivity index (χ2v) is 6.20. The second kappa shape index (κ2) is 6.96. The lowest BCUT2D eigenvalue weighted by atomic mass is 9.80. The maximum atomic E-state index is 11.9. The van der Waals surface area contributed by atoms with Crippen LogP contribution in [0.1, 0.15) is 72.6 Å². The highest BCUT2D eigenvalue weighted by Gasteiger charge is 2.28. The van der Waals surface area contributed by atoms with Crippen LogP contribution in [0.25, 0.3) is 0 Å². The molecule has 0 aromatic carbocycles. The van der Waals surface area contributed by atoms with Crippen LogP contribution in [0, 0.1) is 5.92 Å². The molecule has 1 N–H and O–H groups in total. The van der Waals surface area contributed by atoms with Gasteiger partial charge in [0.05, 0.1) is 0 Å². The molecule has 18 heavy (non-hydrogen) atoms. The SMILES string of the molecule is CCCCCC(=O)NC1(C)CC=C(C(C)C)CC1. The Morgan fingerprint density at radius 3 is 2.67 bits per heavy atom. The monoisotopic (exact) mass is 251 g/mol. The predicted molar refractivity (Wildman–Crippen MR) is 77.5 cm³/mol. The molecule has 0 saturated carbocycles. The van der Waals surface area contributed by atoms with E-state index >= 15 is 0 Å². The molecule has 1 aliphatic carbocycles. The summed E-state index contributed by atoms with van der Waals surface area (Å²) in [4.78, 5) is 11.9. The topological polar surface area (TPSA) is 29.1 Å². The van der Waals surface area contributed by atoms with Crippen LogP contribution in [0.15, 0.2) is 11.6 Å². The van der Waals surface area contributed by atoms with E-state index in [4.69, 9.17) is 0 Å². The standard InChI is InChI=1S/C16H29NO/c1-5-6-7-8-15(18)17-16(4)11-9-14(10-12-16)13(2)3/h9,13H,5-8,10-12H2,1-4H3,(H,17,18). The van der Waals surface area contributed by atoms with E-state index in [9.17, 15) is 4.79 Å². The quantitative estimate of drug-likeness (QED) is 0.556. The Balaban J connectivity index is 2.40. The fourth-order valence-corrected chi connectivity index (χ4v) is 2.55. The van der Waals surface area contributed by atoms with Gasteiger partial charge < -0.3 is 5.32 Å². The third kappa shape index (κ3) is 4.83. The first-order valence-electron chi connectivity index (χ1n) is 7.47. The number of hydrogen-bond acceptors (Lipinski definition) is 1. The Labute approximate surface area is 112 Å². The fraction of sp³-hybridized carbons (Fsp3) is 0.812. The average molecular weight is 251 g/mol. The van der Waals surface area contributed by atoms with Crippen molar-refractivity contribution < 1.29 is 4.79 Å². The Morgan fingerprint density at radius 2 is 2.17 bits per heavy atom. The number of amides is 1. The molecule has 1 amide bonds. The fourth-order valence-electron chi connectivity index (χ4n) is 2.55. The van der Waals surface area contributed by atoms with E-state index in [0.717, 1.165) is 32.1 Å². The maximum Gasteiger partial charge on any atom is 0.220 e. The van der Waals surface area contributed by atoms with Crippen molar-refractivity contribution in [3.05, 3.63) is 11.6 Å². The summed E-state index contributed by atoms with van der Waals surface area (Å²) >= 11 is 0. The molecule has 1 rings (SSSR count). The van der Waals surface area contributed by atoms with Gasteiger partial charge in [0, 0.05) is 12.0 Å². The van der Waals surface area contributed by atoms with Crippen molar-refractivity contribution in [2.75, 3.05) is 0 Å². The van der Waals surface area contributed by atoms with Gasteiger partial charge in [-0.15, -0.1) is 0 Å². The average Bonchev–Trinajstić information content (AvgIpc) is 2.29. The van der Waals surface area contributed by atoms with Crippen molar-refractivity contribution in [3.8, 4) is 0 Å². The molecule has 0 saturated heterocycles. The van der Waals surface area contributed by atoms with Crippen LogP contribution < -0.4 is 5.32 Å². The summed E-state index contributed by atoms with van der Waals surface area (Å²) in [7, 11) is 0. The number of carbonyl (C=O) groups is 1. The highest BCUT2D eigenvalue weighted by atomic mass is 16.1. The van der Waals surface area contributed by atoms with Gasteiger partial charge in [0.25, 0.3) is 0 Å². The molecule has 0 bridgehead atoms. The van der Waals surface area contributed by atoms with Crippen LogP contribution in [-0.2, 0) is 4.79 Å². The molecule has 0 aliphatic heterocycles. The number of hydrogen-bond donors (Lipinski definition) is 1. The van der Waals surface area contributed by atoms with E-state index < -0.39 is 0 Å². The molecule has 104 valence electrons. The van der Waals surface area contributed by atoms with Crippen LogP contribution >= 0.6 is 0 Å². The molecule has 0 radical (unpaired) electrons. The summed E-state index contributed by atoms with van der Waals surface area (Å²) in [6.07, 6.45) is 9.56. The molecular weight excluding hydrogens is 222 g/mol. The van der Waals surface area contributed by atoms with Crippen LogP contribution in [0.4, 0.5) is 0 Å². The molecule has 1 unspecified atom stereocenters. The van der Waals surface area contributed by atoms with Crippen molar-refractivity contribution in [2.24, 2.45) is 5.92 Å². The molecule has 2 heteroatoms. The van der Waals surface area contributed by atoms with E-state index in [-0.39, 0.29) is 11.4 Å². The zero-order valence-electron chi connectivity index (χ0n) is 12.5. The van der Waals surface area contributed by atoms with Crippen LogP contribution in [0.5, 0.6) is 0 Å². The summed E-state index contributed by atoms with van der Waals surface area (Å²) in [6.45, 7) is 8.84. The van der Waals surface area contributed by atoms with Gasteiger partial charge >= 0.3 is 0 Å². The zero-order valence-corrected chi connectivity index (χ0v) is 12.5. The smallest absolute Gasteiger partial charge is 0.220 e. The van der Waals surface area contributed by atoms with Crippen LogP contribution in [0.3, 0.4) is 0 Å². The number of rotatable bonds is 6. The summed E-state index contributed by atoms with van der Waals surface area (Å²) in [5, 5.41) is 3.23. The summed E-state index contributed by atoms with van der Waals surface area (Å²) in [5.74, 6) is 0.877. The van der Waals surface area contributed by atoms with Crippen LogP contribution in [0.2, 0.25) is 0 Å². The first kappa shape index (κ1) is 15.3. The van der Waals surface area contributed by atoms with E-state index in [1.165, 1.54) is 6.42 Å². The summed E-state index contributed by atoms with van der Waals surface area (Å²) < 4.78 is 0. The van der Waals surface area contributed by atoms with E-state index in [2.05, 4.69) is 39.1 Å². The zero-order chi connectivity index (χ0) is 13.6. The first-order chi connectivity index (χ1) is 8.47. The Kier molecular flexibility index (Phi) is 5.90. The maximum absolute atomic E-state index is 11.9. The Hall–Kier alpha value is -0.790. The van der Waals surface area contributed by atoms with Crippen LogP contribution in [-0.4, -0.2) is 11.4 Å². The molecule has 0 spiro atoms. The molecule has 0 aromatic heterocycles. The predicted octanol–water partition coefficient (Wildman–Crippen LogP) is 4.21. The van der Waals surface area contributed by atoms with E-state index in [0.29, 0.717) is 12.3 Å². The molecule has 0 heterocycles. The third-order valence-electron chi connectivity index (χ3n) is 3.97. The summed E-state index contributed by atoms with van der Waals surface area (Å²) in [5.41, 5.74) is 1.54. The lowest BCUT2D eigenvalue weighted by Gasteiger charge is -2.35.